The van der Waals surface area contributed by atoms with E-state index in [1.165, 1.54) is 12.1 Å². The molecule has 0 heterocycles. The highest BCUT2D eigenvalue weighted by Gasteiger charge is 2.09. The van der Waals surface area contributed by atoms with Gasteiger partial charge in [-0.05, 0) is 80.2 Å². The smallest absolute Gasteiger partial charge is 0.137 e. The van der Waals surface area contributed by atoms with Gasteiger partial charge in [-0.1, -0.05) is 0 Å². The molecule has 1 aromatic rings. The SMILES string of the molecule is CC(C)(C)NCCCCc1cc(F)c(Br)cc1F. The predicted octanol–water partition coefficient (Wildman–Crippen LogP) is 4.44. The summed E-state index contributed by atoms with van der Waals surface area (Å²) in [5.74, 6) is -0.744. The lowest BCUT2D eigenvalue weighted by molar-refractivity contribution is 0.418. The first-order valence-electron chi connectivity index (χ1n) is 6.18. The molecule has 0 amide bonds. The van der Waals surface area contributed by atoms with Crippen molar-refractivity contribution in [3.05, 3.63) is 33.8 Å². The van der Waals surface area contributed by atoms with Gasteiger partial charge in [0.2, 0.25) is 0 Å². The number of nitrogens with one attached hydrogen (secondary N) is 1. The van der Waals surface area contributed by atoms with Crippen LogP contribution in [-0.2, 0) is 6.42 Å². The van der Waals surface area contributed by atoms with Crippen molar-refractivity contribution in [3.8, 4) is 0 Å². The monoisotopic (exact) mass is 319 g/mol. The van der Waals surface area contributed by atoms with E-state index in [1.807, 2.05) is 0 Å². The molecule has 0 saturated heterocycles. The third-order valence-corrected chi connectivity index (χ3v) is 3.23. The Balaban J connectivity index is 2.38. The van der Waals surface area contributed by atoms with Gasteiger partial charge >= 0.3 is 0 Å². The van der Waals surface area contributed by atoms with E-state index in [1.54, 1.807) is 0 Å². The van der Waals surface area contributed by atoms with Crippen molar-refractivity contribution in [1.29, 1.82) is 0 Å². The van der Waals surface area contributed by atoms with E-state index in [2.05, 4.69) is 42.0 Å². The van der Waals surface area contributed by atoms with Gasteiger partial charge in [0, 0.05) is 5.54 Å². The Morgan fingerprint density at radius 2 is 1.78 bits per heavy atom. The Morgan fingerprint density at radius 1 is 1.11 bits per heavy atom. The summed E-state index contributed by atoms with van der Waals surface area (Å²) in [6.07, 6.45) is 2.37. The molecule has 0 bridgehead atoms. The molecule has 0 aliphatic carbocycles. The summed E-state index contributed by atoms with van der Waals surface area (Å²) in [6.45, 7) is 7.22. The van der Waals surface area contributed by atoms with Crippen LogP contribution in [0, 0.1) is 11.6 Å². The molecule has 0 atom stereocenters. The van der Waals surface area contributed by atoms with E-state index in [-0.39, 0.29) is 15.8 Å². The van der Waals surface area contributed by atoms with Crippen LogP contribution in [0.2, 0.25) is 0 Å². The quantitative estimate of drug-likeness (QED) is 0.625. The van der Waals surface area contributed by atoms with Crippen LogP contribution in [0.15, 0.2) is 16.6 Å². The molecule has 0 aliphatic rings. The third kappa shape index (κ3) is 5.44. The van der Waals surface area contributed by atoms with Gasteiger partial charge in [-0.3, -0.25) is 0 Å². The van der Waals surface area contributed by atoms with Gasteiger partial charge in [-0.25, -0.2) is 8.78 Å². The number of aryl methyl sites for hydroxylation is 1. The lowest BCUT2D eigenvalue weighted by Crippen LogP contribution is -2.36. The molecule has 1 nitrogen and oxygen atoms in total. The van der Waals surface area contributed by atoms with Crippen LogP contribution in [0.5, 0.6) is 0 Å². The van der Waals surface area contributed by atoms with Gasteiger partial charge in [0.25, 0.3) is 0 Å². The Kier molecular flexibility index (Phi) is 5.73. The molecule has 0 aliphatic heterocycles. The summed E-state index contributed by atoms with van der Waals surface area (Å²) in [4.78, 5) is 0. The van der Waals surface area contributed by atoms with Crippen molar-refractivity contribution < 1.29 is 8.78 Å². The average molecular weight is 320 g/mol. The number of rotatable bonds is 5. The van der Waals surface area contributed by atoms with E-state index < -0.39 is 5.82 Å². The van der Waals surface area contributed by atoms with Crippen molar-refractivity contribution in [2.24, 2.45) is 0 Å². The fourth-order valence-electron chi connectivity index (χ4n) is 1.66. The van der Waals surface area contributed by atoms with Crippen LogP contribution in [-0.4, -0.2) is 12.1 Å². The Labute approximate surface area is 116 Å². The highest BCUT2D eigenvalue weighted by Crippen LogP contribution is 2.21. The zero-order chi connectivity index (χ0) is 13.8. The minimum atomic E-state index is -0.404. The Hall–Kier alpha value is -0.480. The first-order chi connectivity index (χ1) is 8.29. The molecule has 102 valence electrons. The minimum absolute atomic E-state index is 0.106. The molecule has 0 saturated carbocycles. The van der Waals surface area contributed by atoms with E-state index in [0.717, 1.165) is 19.4 Å². The molecular weight excluding hydrogens is 300 g/mol. The predicted molar refractivity (Wildman–Crippen MR) is 74.8 cm³/mol. The van der Waals surface area contributed by atoms with E-state index >= 15 is 0 Å². The molecule has 0 aromatic heterocycles. The molecule has 18 heavy (non-hydrogen) atoms. The van der Waals surface area contributed by atoms with Gasteiger partial charge in [0.1, 0.15) is 11.6 Å². The van der Waals surface area contributed by atoms with Crippen LogP contribution in [0.3, 0.4) is 0 Å². The molecule has 0 unspecified atom stereocenters. The lowest BCUT2D eigenvalue weighted by Gasteiger charge is -2.20. The normalized spacial score (nSPS) is 11.9. The third-order valence-electron chi connectivity index (χ3n) is 2.62. The number of unbranched alkanes of at least 4 members (excludes halogenated alkanes) is 1. The minimum Gasteiger partial charge on any atom is -0.312 e. The van der Waals surface area contributed by atoms with Gasteiger partial charge in [-0.2, -0.15) is 0 Å². The maximum atomic E-state index is 13.5. The molecule has 0 spiro atoms. The maximum absolute atomic E-state index is 13.5. The molecule has 1 rings (SSSR count). The Bertz CT molecular complexity index is 400. The highest BCUT2D eigenvalue weighted by atomic mass is 79.9. The van der Waals surface area contributed by atoms with Crippen molar-refractivity contribution in [2.45, 2.75) is 45.6 Å². The first-order valence-corrected chi connectivity index (χ1v) is 6.97. The second kappa shape index (κ2) is 6.62. The van der Waals surface area contributed by atoms with Crippen molar-refractivity contribution in [1.82, 2.24) is 5.32 Å². The average Bonchev–Trinajstić information content (AvgIpc) is 2.23. The van der Waals surface area contributed by atoms with Crippen molar-refractivity contribution in [3.63, 3.8) is 0 Å². The summed E-state index contributed by atoms with van der Waals surface area (Å²) in [6, 6.07) is 2.47. The highest BCUT2D eigenvalue weighted by molar-refractivity contribution is 9.10. The van der Waals surface area contributed by atoms with E-state index in [9.17, 15) is 8.78 Å². The van der Waals surface area contributed by atoms with E-state index in [4.69, 9.17) is 0 Å². The molecular formula is C14H20BrF2N. The van der Waals surface area contributed by atoms with Crippen molar-refractivity contribution in [2.75, 3.05) is 6.54 Å². The number of hydrogen-bond acceptors (Lipinski definition) is 1. The first kappa shape index (κ1) is 15.6. The topological polar surface area (TPSA) is 12.0 Å². The van der Waals surface area contributed by atoms with Gasteiger partial charge in [-0.15, -0.1) is 0 Å². The molecule has 0 radical (unpaired) electrons. The van der Waals surface area contributed by atoms with Crippen LogP contribution >= 0.6 is 15.9 Å². The summed E-state index contributed by atoms with van der Waals surface area (Å²) in [7, 11) is 0. The van der Waals surface area contributed by atoms with Crippen LogP contribution in [0.4, 0.5) is 8.78 Å². The lowest BCUT2D eigenvalue weighted by atomic mass is 10.1. The number of hydrogen-bond donors (Lipinski definition) is 1. The summed E-state index contributed by atoms with van der Waals surface area (Å²) in [5.41, 5.74) is 0.557. The Morgan fingerprint density at radius 3 is 2.39 bits per heavy atom. The number of benzene rings is 1. The van der Waals surface area contributed by atoms with Gasteiger partial charge in [0.15, 0.2) is 0 Å². The second-order valence-corrected chi connectivity index (χ2v) is 6.35. The van der Waals surface area contributed by atoms with E-state index in [0.29, 0.717) is 12.0 Å². The van der Waals surface area contributed by atoms with Crippen LogP contribution < -0.4 is 5.32 Å². The van der Waals surface area contributed by atoms with Gasteiger partial charge < -0.3 is 5.32 Å². The van der Waals surface area contributed by atoms with Crippen LogP contribution in [0.25, 0.3) is 0 Å². The van der Waals surface area contributed by atoms with Crippen molar-refractivity contribution >= 4 is 15.9 Å². The summed E-state index contributed by atoms with van der Waals surface area (Å²) in [5, 5.41) is 3.37. The van der Waals surface area contributed by atoms with Gasteiger partial charge in [0.05, 0.1) is 4.47 Å². The zero-order valence-corrected chi connectivity index (χ0v) is 12.7. The zero-order valence-electron chi connectivity index (χ0n) is 11.1. The molecule has 1 N–H and O–H groups in total. The molecule has 1 aromatic carbocycles. The largest absolute Gasteiger partial charge is 0.312 e. The molecule has 0 fully saturated rings. The number of halogens is 3. The fourth-order valence-corrected chi connectivity index (χ4v) is 1.97. The van der Waals surface area contributed by atoms with Crippen LogP contribution in [0.1, 0.15) is 39.2 Å². The maximum Gasteiger partial charge on any atom is 0.137 e. The summed E-state index contributed by atoms with van der Waals surface area (Å²) >= 11 is 2.97. The summed E-state index contributed by atoms with van der Waals surface area (Å²) < 4.78 is 27.0. The molecule has 4 heteroatoms. The standard InChI is InChI=1S/C14H20BrF2N/c1-14(2,3)18-7-5-4-6-10-8-13(17)11(15)9-12(10)16/h8-9,18H,4-7H2,1-3H3. The fraction of sp³-hybridized carbons (Fsp3) is 0.571. The second-order valence-electron chi connectivity index (χ2n) is 5.49.